The molecule has 1 aromatic carbocycles. The first-order chi connectivity index (χ1) is 21.9. The Balaban J connectivity index is 1.25. The number of anilines is 1. The molecule has 5 heterocycles. The molecule has 6 rings (SSSR count). The quantitative estimate of drug-likeness (QED) is 0.320. The van der Waals surface area contributed by atoms with E-state index in [1.54, 1.807) is 27.9 Å². The van der Waals surface area contributed by atoms with Gasteiger partial charge in [0.05, 0.1) is 35.1 Å². The molecule has 0 spiro atoms. The van der Waals surface area contributed by atoms with E-state index >= 15 is 0 Å². The van der Waals surface area contributed by atoms with E-state index in [4.69, 9.17) is 19.4 Å². The lowest BCUT2D eigenvalue weighted by molar-refractivity contribution is 0.0139. The van der Waals surface area contributed by atoms with Gasteiger partial charge in [0, 0.05) is 57.6 Å². The highest BCUT2D eigenvalue weighted by Gasteiger charge is 2.26. The predicted molar refractivity (Wildman–Crippen MR) is 176 cm³/mol. The Hall–Kier alpha value is -4.45. The number of aromatic nitrogens is 5. The monoisotopic (exact) mass is 628 g/mol. The summed E-state index contributed by atoms with van der Waals surface area (Å²) in [5.41, 5.74) is 5.08. The third kappa shape index (κ3) is 7.01. The van der Waals surface area contributed by atoms with Gasteiger partial charge < -0.3 is 18.9 Å². The number of piperazine rings is 1. The van der Waals surface area contributed by atoms with Gasteiger partial charge in [-0.15, -0.1) is 0 Å². The summed E-state index contributed by atoms with van der Waals surface area (Å²) in [5.74, 6) is 1.23. The smallest absolute Gasteiger partial charge is 0.410 e. The van der Waals surface area contributed by atoms with Gasteiger partial charge in [-0.25, -0.2) is 14.5 Å². The molecule has 3 aromatic heterocycles. The first kappa shape index (κ1) is 31.5. The SMILES string of the molecule is Cc1cc2cc(n1)-c1cnn(C)c1OCCC[C@@H](C)Cn1c(nc3ccc(CN4CCN(C(=O)OC(C)(C)C)CC4)cc31)NC2=O. The van der Waals surface area contributed by atoms with Crippen molar-refractivity contribution >= 4 is 29.0 Å². The second kappa shape index (κ2) is 12.7. The van der Waals surface area contributed by atoms with Gasteiger partial charge >= 0.3 is 6.09 Å². The topological polar surface area (TPSA) is 120 Å². The number of benzene rings is 1. The molecule has 4 aromatic rings. The van der Waals surface area contributed by atoms with Crippen molar-refractivity contribution in [2.24, 2.45) is 13.0 Å². The lowest BCUT2D eigenvalue weighted by atomic mass is 10.1. The number of nitrogens with zero attached hydrogens (tertiary/aromatic N) is 7. The molecule has 1 atom stereocenters. The fraction of sp³-hybridized carbons (Fsp3) is 0.500. The van der Waals surface area contributed by atoms with Gasteiger partial charge in [-0.3, -0.25) is 20.0 Å². The molecule has 2 amide bonds. The van der Waals surface area contributed by atoms with Crippen LogP contribution in [0.25, 0.3) is 22.3 Å². The molecule has 1 N–H and O–H groups in total. The van der Waals surface area contributed by atoms with Gasteiger partial charge in [0.1, 0.15) is 5.60 Å². The molecule has 12 heteroatoms. The first-order valence-corrected chi connectivity index (χ1v) is 16.1. The van der Waals surface area contributed by atoms with E-state index in [0.717, 1.165) is 60.3 Å². The third-order valence-electron chi connectivity index (χ3n) is 8.42. The maximum atomic E-state index is 13.7. The average Bonchev–Trinajstić information content (AvgIpc) is 3.53. The maximum absolute atomic E-state index is 13.7. The van der Waals surface area contributed by atoms with E-state index in [-0.39, 0.29) is 12.0 Å². The minimum Gasteiger partial charge on any atom is -0.477 e. The Labute approximate surface area is 269 Å². The van der Waals surface area contributed by atoms with Gasteiger partial charge in [-0.05, 0) is 76.3 Å². The number of fused-ring (bicyclic) bond motifs is 7. The normalized spacial score (nSPS) is 18.2. The Kier molecular flexibility index (Phi) is 8.73. The van der Waals surface area contributed by atoms with Crippen molar-refractivity contribution in [3.63, 3.8) is 0 Å². The zero-order valence-corrected chi connectivity index (χ0v) is 27.7. The van der Waals surface area contributed by atoms with Crippen molar-refractivity contribution in [1.82, 2.24) is 34.1 Å². The van der Waals surface area contributed by atoms with E-state index in [1.807, 2.05) is 40.8 Å². The second-order valence-corrected chi connectivity index (χ2v) is 13.5. The average molecular weight is 629 g/mol. The van der Waals surface area contributed by atoms with Crippen LogP contribution in [0.4, 0.5) is 10.7 Å². The number of pyridine rings is 1. The van der Waals surface area contributed by atoms with Crippen molar-refractivity contribution in [2.75, 3.05) is 38.1 Å². The predicted octanol–water partition coefficient (Wildman–Crippen LogP) is 5.25. The first-order valence-electron chi connectivity index (χ1n) is 16.1. The molecule has 2 bridgehead atoms. The highest BCUT2D eigenvalue weighted by atomic mass is 16.6. The number of nitrogens with one attached hydrogen (secondary N) is 1. The summed E-state index contributed by atoms with van der Waals surface area (Å²) in [6, 6.07) is 9.87. The molecule has 0 radical (unpaired) electrons. The maximum Gasteiger partial charge on any atom is 0.410 e. The summed E-state index contributed by atoms with van der Waals surface area (Å²) in [5, 5.41) is 7.50. The van der Waals surface area contributed by atoms with Gasteiger partial charge in [-0.2, -0.15) is 5.10 Å². The number of rotatable bonds is 2. The summed E-state index contributed by atoms with van der Waals surface area (Å²) in [4.78, 5) is 39.9. The molecule has 2 aliphatic heterocycles. The summed E-state index contributed by atoms with van der Waals surface area (Å²) >= 11 is 0. The number of carbonyl (C=O) groups excluding carboxylic acids is 2. The molecule has 0 unspecified atom stereocenters. The van der Waals surface area contributed by atoms with E-state index in [0.29, 0.717) is 55.2 Å². The van der Waals surface area contributed by atoms with Crippen LogP contribution in [0.1, 0.15) is 62.2 Å². The molecule has 1 fully saturated rings. The van der Waals surface area contributed by atoms with E-state index in [1.165, 1.54) is 0 Å². The molecular weight excluding hydrogens is 584 g/mol. The standard InChI is InChI=1S/C34H44N8O4/c1-22-8-7-15-45-31-26(19-35-39(31)6)28-18-25(16-23(2)36-28)30(43)38-32-37-27-10-9-24(17-29(27)42(32)20-22)21-40-11-13-41(14-12-40)33(44)46-34(3,4)5/h9-10,16-19,22H,7-8,11-15,20-21H2,1-6H3,(H,37,38,43)/t22-/m1/s1. The Bertz CT molecular complexity index is 1750. The van der Waals surface area contributed by atoms with Crippen LogP contribution in [0.5, 0.6) is 5.88 Å². The van der Waals surface area contributed by atoms with Gasteiger partial charge in [0.2, 0.25) is 11.8 Å². The molecule has 0 aliphatic carbocycles. The number of hydrogen-bond donors (Lipinski definition) is 1. The number of hydrogen-bond acceptors (Lipinski definition) is 8. The van der Waals surface area contributed by atoms with Crippen LogP contribution in [0.15, 0.2) is 36.5 Å². The molecule has 1 saturated heterocycles. The zero-order chi connectivity index (χ0) is 32.6. The minimum atomic E-state index is -0.505. The summed E-state index contributed by atoms with van der Waals surface area (Å²) in [6.45, 7) is 14.6. The zero-order valence-electron chi connectivity index (χ0n) is 27.7. The van der Waals surface area contributed by atoms with Crippen LogP contribution in [0.2, 0.25) is 0 Å². The van der Waals surface area contributed by atoms with Crippen LogP contribution in [0.3, 0.4) is 0 Å². The third-order valence-corrected chi connectivity index (χ3v) is 8.42. The molecule has 46 heavy (non-hydrogen) atoms. The second-order valence-electron chi connectivity index (χ2n) is 13.5. The van der Waals surface area contributed by atoms with E-state index in [9.17, 15) is 9.59 Å². The fourth-order valence-electron chi connectivity index (χ4n) is 6.11. The fourth-order valence-corrected chi connectivity index (χ4v) is 6.11. The molecule has 0 saturated carbocycles. The Morgan fingerprint density at radius 3 is 2.65 bits per heavy atom. The number of aryl methyl sites for hydroxylation is 2. The Morgan fingerprint density at radius 1 is 1.11 bits per heavy atom. The van der Waals surface area contributed by atoms with Gasteiger partial charge in [0.25, 0.3) is 5.91 Å². The lowest BCUT2D eigenvalue weighted by Gasteiger charge is -2.35. The van der Waals surface area contributed by atoms with Crippen molar-refractivity contribution in [1.29, 1.82) is 0 Å². The molecular formula is C34H44N8O4. The lowest BCUT2D eigenvalue weighted by Crippen LogP contribution is -2.49. The van der Waals surface area contributed by atoms with Crippen molar-refractivity contribution in [2.45, 2.75) is 66.2 Å². The summed E-state index contributed by atoms with van der Waals surface area (Å²) in [6.07, 6.45) is 3.28. The highest BCUT2D eigenvalue weighted by Crippen LogP contribution is 2.31. The highest BCUT2D eigenvalue weighted by molar-refractivity contribution is 6.04. The minimum absolute atomic E-state index is 0.250. The van der Waals surface area contributed by atoms with Gasteiger partial charge in [-0.1, -0.05) is 13.0 Å². The van der Waals surface area contributed by atoms with Gasteiger partial charge in [0.15, 0.2) is 0 Å². The molecule has 12 nitrogen and oxygen atoms in total. The number of ether oxygens (including phenoxy) is 2. The largest absolute Gasteiger partial charge is 0.477 e. The molecule has 2 aliphatic rings. The van der Waals surface area contributed by atoms with Crippen molar-refractivity contribution in [3.05, 3.63) is 53.3 Å². The van der Waals surface area contributed by atoms with E-state index in [2.05, 4.69) is 38.9 Å². The van der Waals surface area contributed by atoms with Crippen LogP contribution < -0.4 is 10.1 Å². The van der Waals surface area contributed by atoms with Crippen LogP contribution in [-0.2, 0) is 24.9 Å². The Morgan fingerprint density at radius 2 is 1.89 bits per heavy atom. The van der Waals surface area contributed by atoms with Crippen LogP contribution in [0, 0.1) is 12.8 Å². The van der Waals surface area contributed by atoms with E-state index < -0.39 is 5.60 Å². The number of carbonyl (C=O) groups is 2. The van der Waals surface area contributed by atoms with Crippen molar-refractivity contribution < 1.29 is 19.1 Å². The summed E-state index contributed by atoms with van der Waals surface area (Å²) < 4.78 is 15.6. The number of amides is 2. The number of imidazole rings is 1. The summed E-state index contributed by atoms with van der Waals surface area (Å²) in [7, 11) is 1.85. The van der Waals surface area contributed by atoms with Crippen molar-refractivity contribution in [3.8, 4) is 17.1 Å². The molecule has 244 valence electrons. The van der Waals surface area contributed by atoms with Crippen LogP contribution in [-0.4, -0.2) is 84.5 Å². The van der Waals surface area contributed by atoms with Crippen LogP contribution >= 0.6 is 0 Å².